The van der Waals surface area contributed by atoms with Gasteiger partial charge < -0.3 is 9.80 Å². The van der Waals surface area contributed by atoms with Crippen molar-refractivity contribution in [1.82, 2.24) is 24.7 Å². The Morgan fingerprint density at radius 1 is 0.807 bits per heavy atom. The number of amides is 2. The minimum atomic E-state index is -0.984. The van der Waals surface area contributed by atoms with Crippen molar-refractivity contribution in [3.05, 3.63) is 98.1 Å². The van der Waals surface area contributed by atoms with E-state index in [0.717, 1.165) is 68.5 Å². The van der Waals surface area contributed by atoms with E-state index < -0.39 is 29.4 Å². The van der Waals surface area contributed by atoms with E-state index in [1.807, 2.05) is 17.0 Å². The molecule has 1 unspecified atom stereocenters. The Kier molecular flexibility index (Phi) is 10.2. The molecule has 9 nitrogen and oxygen atoms in total. The summed E-state index contributed by atoms with van der Waals surface area (Å²) in [6, 6.07) is 15.2. The van der Waals surface area contributed by atoms with Gasteiger partial charge in [0, 0.05) is 56.9 Å². The Morgan fingerprint density at radius 2 is 1.46 bits per heavy atom. The van der Waals surface area contributed by atoms with Gasteiger partial charge in [0.25, 0.3) is 5.56 Å². The number of halogens is 3. The highest BCUT2D eigenvalue weighted by Crippen LogP contribution is 2.45. The number of likely N-dealkylation sites (tertiary alicyclic amines) is 1. The van der Waals surface area contributed by atoms with Crippen LogP contribution in [0.4, 0.5) is 14.5 Å². The highest BCUT2D eigenvalue weighted by atomic mass is 35.5. The number of nitrogens with one attached hydrogen (secondary N) is 1. The predicted octanol–water partition coefficient (Wildman–Crippen LogP) is 7.28. The van der Waals surface area contributed by atoms with Crippen LogP contribution < -0.4 is 15.8 Å². The van der Waals surface area contributed by atoms with Crippen molar-refractivity contribution in [1.29, 1.82) is 0 Å². The molecule has 0 radical (unpaired) electrons. The van der Waals surface area contributed by atoms with Crippen molar-refractivity contribution in [3.63, 3.8) is 0 Å². The molecule has 1 atom stereocenters. The fraction of sp³-hybridized carbons (Fsp3) is 0.511. The maximum atomic E-state index is 15.2. The molecule has 2 amide bonds. The maximum absolute atomic E-state index is 15.2. The van der Waals surface area contributed by atoms with Crippen LogP contribution in [0.25, 0.3) is 16.6 Å². The molecule has 1 aromatic heterocycles. The first-order chi connectivity index (χ1) is 27.4. The topological polar surface area (TPSA) is 90.8 Å². The van der Waals surface area contributed by atoms with Crippen LogP contribution in [0.2, 0.25) is 5.02 Å². The summed E-state index contributed by atoms with van der Waals surface area (Å²) in [6.07, 6.45) is 7.47. The number of fused-ring (bicyclic) bond motifs is 5. The highest BCUT2D eigenvalue weighted by Gasteiger charge is 2.40. The number of carbonyl (C=O) groups is 2. The summed E-state index contributed by atoms with van der Waals surface area (Å²) in [4.78, 5) is 48.6. The van der Waals surface area contributed by atoms with Gasteiger partial charge in [0.05, 0.1) is 32.9 Å². The quantitative estimate of drug-likeness (QED) is 0.197. The average molecular weight is 797 g/mol. The molecule has 9 rings (SSSR count). The Hall–Kier alpha value is -4.19. The molecule has 1 N–H and O–H groups in total. The number of imide groups is 1. The second-order valence-corrected chi connectivity index (χ2v) is 18.1. The van der Waals surface area contributed by atoms with Gasteiger partial charge in [-0.25, -0.2) is 8.78 Å². The standard InChI is InChI=1S/C45H51ClF2N6O3/c1-45(2)33-12-10-30(22-38(33)54-37-5-3-4-34(46)41(37)43(57)50-44(45)54)29-14-16-51(17-15-29)25-27-6-8-28(9-7-27)26-52-18-20-53(21-19-52)31-23-35(47)40(36(48)24-31)32-11-13-39(55)49-42(32)56/h3-5,10,12,22-24,27-29,32H,6-9,11,13-21,25-26H2,1-2H3,(H,49,55,56). The van der Waals surface area contributed by atoms with E-state index in [0.29, 0.717) is 41.0 Å². The van der Waals surface area contributed by atoms with Crippen molar-refractivity contribution >= 4 is 40.0 Å². The molecule has 4 aromatic rings. The van der Waals surface area contributed by atoms with Crippen LogP contribution in [0, 0.1) is 23.5 Å². The maximum Gasteiger partial charge on any atom is 0.282 e. The molecule has 57 heavy (non-hydrogen) atoms. The number of hydrogen-bond acceptors (Lipinski definition) is 7. The van der Waals surface area contributed by atoms with Crippen LogP contribution in [0.3, 0.4) is 0 Å². The minimum Gasteiger partial charge on any atom is -0.369 e. The summed E-state index contributed by atoms with van der Waals surface area (Å²) in [5, 5.41) is 3.11. The molecule has 4 fully saturated rings. The zero-order valence-corrected chi connectivity index (χ0v) is 33.6. The van der Waals surface area contributed by atoms with Crippen LogP contribution in [0.5, 0.6) is 0 Å². The number of aromatic nitrogens is 2. The number of benzene rings is 3. The van der Waals surface area contributed by atoms with Gasteiger partial charge in [-0.1, -0.05) is 29.8 Å². The lowest BCUT2D eigenvalue weighted by atomic mass is 9.80. The number of anilines is 1. The number of nitrogens with zero attached hydrogens (tertiary/aromatic N) is 5. The zero-order chi connectivity index (χ0) is 39.6. The number of piperidine rings is 2. The van der Waals surface area contributed by atoms with Crippen LogP contribution >= 0.6 is 11.6 Å². The van der Waals surface area contributed by atoms with E-state index in [4.69, 9.17) is 11.6 Å². The Labute approximate surface area is 337 Å². The molecule has 12 heteroatoms. The molecule has 300 valence electrons. The zero-order valence-electron chi connectivity index (χ0n) is 32.8. The van der Waals surface area contributed by atoms with E-state index in [1.165, 1.54) is 55.5 Å². The summed E-state index contributed by atoms with van der Waals surface area (Å²) < 4.78 is 32.5. The number of carbonyl (C=O) groups excluding carboxylic acids is 2. The molecule has 4 aliphatic heterocycles. The van der Waals surface area contributed by atoms with E-state index in [-0.39, 0.29) is 29.4 Å². The highest BCUT2D eigenvalue weighted by molar-refractivity contribution is 6.35. The van der Waals surface area contributed by atoms with Gasteiger partial charge in [0.1, 0.15) is 17.5 Å². The van der Waals surface area contributed by atoms with Gasteiger partial charge in [-0.15, -0.1) is 0 Å². The average Bonchev–Trinajstić information content (AvgIpc) is 3.41. The summed E-state index contributed by atoms with van der Waals surface area (Å²) in [5.41, 5.74) is 4.07. The van der Waals surface area contributed by atoms with E-state index >= 15 is 8.78 Å². The first kappa shape index (κ1) is 38.3. The van der Waals surface area contributed by atoms with Crippen LogP contribution in [0.15, 0.2) is 53.3 Å². The first-order valence-corrected chi connectivity index (χ1v) is 21.2. The summed E-state index contributed by atoms with van der Waals surface area (Å²) in [6.45, 7) is 11.8. The largest absolute Gasteiger partial charge is 0.369 e. The van der Waals surface area contributed by atoms with Gasteiger partial charge in [-0.2, -0.15) is 4.98 Å². The molecule has 3 aromatic carbocycles. The fourth-order valence-electron chi connectivity index (χ4n) is 10.5. The molecule has 0 bridgehead atoms. The van der Waals surface area contributed by atoms with E-state index in [2.05, 4.69) is 56.7 Å². The summed E-state index contributed by atoms with van der Waals surface area (Å²) in [7, 11) is 0. The fourth-order valence-corrected chi connectivity index (χ4v) is 10.8. The Balaban J connectivity index is 0.746. The van der Waals surface area contributed by atoms with Gasteiger partial charge >= 0.3 is 0 Å². The molecule has 0 spiro atoms. The first-order valence-electron chi connectivity index (χ1n) is 20.8. The third kappa shape index (κ3) is 7.18. The molecule has 5 aliphatic rings. The van der Waals surface area contributed by atoms with Crippen LogP contribution in [0.1, 0.15) is 99.6 Å². The Bertz CT molecular complexity index is 2270. The third-order valence-corrected chi connectivity index (χ3v) is 14.1. The lowest BCUT2D eigenvalue weighted by molar-refractivity contribution is -0.134. The molecule has 5 heterocycles. The van der Waals surface area contributed by atoms with Gasteiger partial charge in [0.15, 0.2) is 0 Å². The third-order valence-electron chi connectivity index (χ3n) is 13.8. The van der Waals surface area contributed by atoms with Crippen LogP contribution in [-0.2, 0) is 15.0 Å². The van der Waals surface area contributed by atoms with Gasteiger partial charge in [0.2, 0.25) is 11.8 Å². The summed E-state index contributed by atoms with van der Waals surface area (Å²) in [5.74, 6) is -0.803. The van der Waals surface area contributed by atoms with Crippen LogP contribution in [-0.4, -0.2) is 83.5 Å². The second kappa shape index (κ2) is 15.2. The second-order valence-electron chi connectivity index (χ2n) is 17.7. The van der Waals surface area contributed by atoms with Gasteiger partial charge in [-0.3, -0.25) is 29.2 Å². The SMILES string of the molecule is CC1(C)c2ccc(C3CCN(CC4CCC(CN5CCN(c6cc(F)c(C7CCC(=O)NC7=O)c(F)c6)CC5)CC4)CC3)cc2-n2c1nc(=O)c1c(Cl)cccc12. The molecular formula is C45H51ClF2N6O3. The van der Waals surface area contributed by atoms with Crippen molar-refractivity contribution in [3.8, 4) is 5.69 Å². The lowest BCUT2D eigenvalue weighted by Gasteiger charge is -2.40. The minimum absolute atomic E-state index is 0.0765. The molecular weight excluding hydrogens is 746 g/mol. The Morgan fingerprint density at radius 3 is 2.11 bits per heavy atom. The lowest BCUT2D eigenvalue weighted by Crippen LogP contribution is -2.48. The molecule has 3 saturated heterocycles. The monoisotopic (exact) mass is 796 g/mol. The smallest absolute Gasteiger partial charge is 0.282 e. The van der Waals surface area contributed by atoms with E-state index in [1.54, 1.807) is 6.07 Å². The summed E-state index contributed by atoms with van der Waals surface area (Å²) >= 11 is 6.51. The normalized spacial score (nSPS) is 24.4. The van der Waals surface area contributed by atoms with Crippen molar-refractivity contribution < 1.29 is 18.4 Å². The van der Waals surface area contributed by atoms with E-state index in [9.17, 15) is 14.4 Å². The number of piperazine rings is 1. The molecule has 1 saturated carbocycles. The van der Waals surface area contributed by atoms with Crippen molar-refractivity contribution in [2.24, 2.45) is 11.8 Å². The van der Waals surface area contributed by atoms with Crippen molar-refractivity contribution in [2.45, 2.75) is 82.5 Å². The number of rotatable bonds is 7. The van der Waals surface area contributed by atoms with Crippen molar-refractivity contribution in [2.75, 3.05) is 57.3 Å². The predicted molar refractivity (Wildman–Crippen MR) is 218 cm³/mol. The number of hydrogen-bond donors (Lipinski definition) is 1. The molecule has 1 aliphatic carbocycles. The van der Waals surface area contributed by atoms with Gasteiger partial charge in [-0.05, 0) is 131 Å².